The van der Waals surface area contributed by atoms with Crippen LogP contribution in [0.3, 0.4) is 0 Å². The van der Waals surface area contributed by atoms with E-state index in [0.29, 0.717) is 19.4 Å². The second-order valence-electron chi connectivity index (χ2n) is 2.38. The molecule has 7 heteroatoms. The molecule has 0 aromatic rings. The van der Waals surface area contributed by atoms with E-state index in [-0.39, 0.29) is 40.6 Å². The van der Waals surface area contributed by atoms with Crippen molar-refractivity contribution >= 4 is 49.7 Å². The molecule has 0 saturated heterocycles. The molecular formula is C6H15CaN3O3. The fourth-order valence-corrected chi connectivity index (χ4v) is 0.657. The average Bonchev–Trinajstić information content (AvgIpc) is 1.97. The van der Waals surface area contributed by atoms with Crippen molar-refractivity contribution in [2.45, 2.75) is 18.9 Å². The number of urea groups is 1. The normalized spacial score (nSPS) is 11.2. The van der Waals surface area contributed by atoms with E-state index in [9.17, 15) is 9.59 Å². The zero-order valence-electron chi connectivity index (χ0n) is 9.32. The maximum absolute atomic E-state index is 10.2. The Morgan fingerprint density at radius 3 is 2.46 bits per heavy atom. The van der Waals surface area contributed by atoms with Crippen molar-refractivity contribution in [1.29, 1.82) is 0 Å². The zero-order valence-corrected chi connectivity index (χ0v) is 9.53. The first-order valence-electron chi connectivity index (χ1n) is 3.55. The zero-order chi connectivity index (χ0) is 9.56. The second-order valence-corrected chi connectivity index (χ2v) is 2.38. The van der Waals surface area contributed by atoms with Crippen LogP contribution in [-0.4, -0.2) is 67.4 Å². The average molecular weight is 217 g/mol. The number of rotatable bonds is 5. The molecule has 0 unspecified atom stereocenters. The molecule has 2 amide bonds. The van der Waals surface area contributed by atoms with Gasteiger partial charge in [0.25, 0.3) is 0 Å². The number of hydrogen-bond donors (Lipinski definition) is 4. The number of aliphatic carboxylic acids is 1. The molecule has 6 N–H and O–H groups in total. The summed E-state index contributed by atoms with van der Waals surface area (Å²) in [5.74, 6) is -1.03. The molecule has 0 saturated carbocycles. The van der Waals surface area contributed by atoms with Gasteiger partial charge in [0.1, 0.15) is 6.04 Å². The Kier molecular flexibility index (Phi) is 10.2. The van der Waals surface area contributed by atoms with Crippen molar-refractivity contribution in [3.05, 3.63) is 0 Å². The molecule has 74 valence electrons. The smallest absolute Gasteiger partial charge is 1.00 e. The summed E-state index contributed by atoms with van der Waals surface area (Å²) in [6, 6.07) is -1.47. The molecule has 0 spiro atoms. The van der Waals surface area contributed by atoms with E-state index in [2.05, 4.69) is 5.32 Å². The molecule has 0 fully saturated rings. The van der Waals surface area contributed by atoms with Gasteiger partial charge in [-0.15, -0.1) is 0 Å². The number of primary amides is 1. The number of nitrogens with two attached hydrogens (primary N) is 2. The van der Waals surface area contributed by atoms with Crippen LogP contribution >= 0.6 is 0 Å². The van der Waals surface area contributed by atoms with Crippen molar-refractivity contribution in [3.63, 3.8) is 0 Å². The van der Waals surface area contributed by atoms with E-state index in [0.717, 1.165) is 0 Å². The van der Waals surface area contributed by atoms with Gasteiger partial charge in [-0.1, -0.05) is 0 Å². The van der Waals surface area contributed by atoms with Crippen molar-refractivity contribution in [2.75, 3.05) is 6.54 Å². The van der Waals surface area contributed by atoms with Gasteiger partial charge in [0.15, 0.2) is 0 Å². The van der Waals surface area contributed by atoms with Crippen LogP contribution in [0.15, 0.2) is 0 Å². The molecular weight excluding hydrogens is 202 g/mol. The molecule has 0 aliphatic carbocycles. The summed E-state index contributed by atoms with van der Waals surface area (Å²) in [6.45, 7) is 0.357. The fourth-order valence-electron chi connectivity index (χ4n) is 0.657. The molecule has 1 atom stereocenters. The van der Waals surface area contributed by atoms with Crippen LogP contribution < -0.4 is 16.8 Å². The second kappa shape index (κ2) is 8.55. The predicted molar refractivity (Wildman–Crippen MR) is 50.4 cm³/mol. The van der Waals surface area contributed by atoms with Crippen LogP contribution in [0.2, 0.25) is 0 Å². The van der Waals surface area contributed by atoms with Gasteiger partial charge in [-0.25, -0.2) is 4.79 Å². The van der Waals surface area contributed by atoms with Crippen LogP contribution in [0, 0.1) is 0 Å². The molecule has 0 rings (SSSR count). The van der Waals surface area contributed by atoms with Gasteiger partial charge in [0, 0.05) is 6.54 Å². The molecule has 13 heavy (non-hydrogen) atoms. The minimum absolute atomic E-state index is 0. The van der Waals surface area contributed by atoms with E-state index < -0.39 is 18.0 Å². The topological polar surface area (TPSA) is 118 Å². The van der Waals surface area contributed by atoms with Crippen LogP contribution in [0.1, 0.15) is 15.7 Å². The predicted octanol–water partition coefficient (Wildman–Crippen LogP) is -1.31. The minimum Gasteiger partial charge on any atom is -1.00 e. The summed E-state index contributed by atoms with van der Waals surface area (Å²) in [5, 5.41) is 10.7. The Bertz CT molecular complexity index is 185. The van der Waals surface area contributed by atoms with Gasteiger partial charge in [-0.05, 0) is 12.8 Å². The van der Waals surface area contributed by atoms with Crippen LogP contribution in [0.5, 0.6) is 0 Å². The van der Waals surface area contributed by atoms with E-state index in [1.165, 1.54) is 0 Å². The van der Waals surface area contributed by atoms with Gasteiger partial charge in [0.05, 0.1) is 0 Å². The first-order chi connectivity index (χ1) is 5.54. The number of hydrogen-bond acceptors (Lipinski definition) is 3. The Morgan fingerprint density at radius 1 is 1.54 bits per heavy atom. The summed E-state index contributed by atoms with van der Waals surface area (Å²) < 4.78 is 0. The van der Waals surface area contributed by atoms with E-state index >= 15 is 0 Å². The monoisotopic (exact) mass is 217 g/mol. The summed E-state index contributed by atoms with van der Waals surface area (Å²) in [6.07, 6.45) is 0.839. The van der Waals surface area contributed by atoms with Gasteiger partial charge in [0.2, 0.25) is 0 Å². The summed E-state index contributed by atoms with van der Waals surface area (Å²) >= 11 is 0. The standard InChI is InChI=1S/C6H13N3O3.Ca.2H/c7-4(5(10)11)2-1-3-9-6(8)12;;;/h4H,1-3,7H2,(H,10,11)(H3,8,9,12);;;/q;+2;2*-1/t4-;;;/m0.../s1. The summed E-state index contributed by atoms with van der Waals surface area (Å²) in [4.78, 5) is 20.3. The first kappa shape index (κ1) is 15.4. The van der Waals surface area contributed by atoms with E-state index in [1.54, 1.807) is 0 Å². The SMILES string of the molecule is NC(=O)NCCC[C@H](N)C(=O)O.[Ca+2].[H-].[H-]. The number of nitrogens with one attached hydrogen (secondary N) is 1. The molecule has 0 aliphatic rings. The Labute approximate surface area is 109 Å². The Morgan fingerprint density at radius 2 is 2.08 bits per heavy atom. The van der Waals surface area contributed by atoms with Gasteiger partial charge in [-0.3, -0.25) is 4.79 Å². The largest absolute Gasteiger partial charge is 2.00 e. The number of carboxylic acid groups (broad SMARTS) is 1. The molecule has 0 bridgehead atoms. The molecule has 6 nitrogen and oxygen atoms in total. The van der Waals surface area contributed by atoms with E-state index in [1.807, 2.05) is 0 Å². The van der Waals surface area contributed by atoms with Crippen molar-refractivity contribution in [2.24, 2.45) is 11.5 Å². The Balaban J connectivity index is -0.000000202. The molecule has 0 aromatic carbocycles. The minimum atomic E-state index is -1.03. The fraction of sp³-hybridized carbons (Fsp3) is 0.667. The molecule has 0 aliphatic heterocycles. The maximum Gasteiger partial charge on any atom is 2.00 e. The van der Waals surface area contributed by atoms with Gasteiger partial charge < -0.3 is 24.7 Å². The molecule has 0 heterocycles. The van der Waals surface area contributed by atoms with Crippen LogP contribution in [0.4, 0.5) is 4.79 Å². The molecule has 0 radical (unpaired) electrons. The molecule has 0 aromatic heterocycles. The number of carbonyl (C=O) groups is 2. The van der Waals surface area contributed by atoms with Crippen molar-refractivity contribution in [3.8, 4) is 0 Å². The van der Waals surface area contributed by atoms with Crippen LogP contribution in [-0.2, 0) is 4.79 Å². The number of amides is 2. The number of carboxylic acids is 1. The Hall–Kier alpha value is -0.0403. The maximum atomic E-state index is 10.2. The third-order valence-corrected chi connectivity index (χ3v) is 1.31. The summed E-state index contributed by atoms with van der Waals surface area (Å²) in [7, 11) is 0. The summed E-state index contributed by atoms with van der Waals surface area (Å²) in [5.41, 5.74) is 9.96. The third-order valence-electron chi connectivity index (χ3n) is 1.31. The van der Waals surface area contributed by atoms with Crippen molar-refractivity contribution < 1.29 is 17.5 Å². The van der Waals surface area contributed by atoms with Crippen LogP contribution in [0.25, 0.3) is 0 Å². The first-order valence-corrected chi connectivity index (χ1v) is 3.55. The van der Waals surface area contributed by atoms with Gasteiger partial charge >= 0.3 is 49.7 Å². The quantitative estimate of drug-likeness (QED) is 0.338. The van der Waals surface area contributed by atoms with Crippen molar-refractivity contribution in [1.82, 2.24) is 5.32 Å². The van der Waals surface area contributed by atoms with Gasteiger partial charge in [-0.2, -0.15) is 0 Å². The van der Waals surface area contributed by atoms with E-state index in [4.69, 9.17) is 16.6 Å². The third kappa shape index (κ3) is 9.88. The number of carbonyl (C=O) groups excluding carboxylic acids is 1.